The maximum atomic E-state index is 10.4. The summed E-state index contributed by atoms with van der Waals surface area (Å²) in [6.07, 6.45) is 0.827. The van der Waals surface area contributed by atoms with Crippen molar-refractivity contribution in [3.8, 4) is 6.07 Å². The van der Waals surface area contributed by atoms with Crippen molar-refractivity contribution in [2.24, 2.45) is 0 Å². The maximum Gasteiger partial charge on any atom is 0.303 e. The fourth-order valence-corrected chi connectivity index (χ4v) is 1.50. The van der Waals surface area contributed by atoms with Crippen molar-refractivity contribution in [2.75, 3.05) is 0 Å². The predicted molar refractivity (Wildman–Crippen MR) is 56.7 cm³/mol. The van der Waals surface area contributed by atoms with E-state index in [1.807, 2.05) is 12.1 Å². The third-order valence-electron chi connectivity index (χ3n) is 2.01. The molecule has 78 valence electrons. The van der Waals surface area contributed by atoms with E-state index in [1.165, 1.54) is 0 Å². The number of hydrogen-bond acceptors (Lipinski definition) is 2. The Labute approximate surface area is 92.9 Å². The van der Waals surface area contributed by atoms with Crippen molar-refractivity contribution in [1.29, 1.82) is 5.26 Å². The third-order valence-corrected chi connectivity index (χ3v) is 2.37. The first-order chi connectivity index (χ1) is 7.13. The molecule has 0 heterocycles. The van der Waals surface area contributed by atoms with Gasteiger partial charge in [-0.1, -0.05) is 23.7 Å². The molecule has 0 radical (unpaired) electrons. The summed E-state index contributed by atoms with van der Waals surface area (Å²) >= 11 is 5.92. The van der Waals surface area contributed by atoms with Crippen molar-refractivity contribution in [3.05, 3.63) is 34.3 Å². The zero-order valence-electron chi connectivity index (χ0n) is 8.03. The lowest BCUT2D eigenvalue weighted by Gasteiger charge is -2.03. The van der Waals surface area contributed by atoms with Crippen LogP contribution in [0.25, 0.3) is 0 Å². The largest absolute Gasteiger partial charge is 0.481 e. The number of aliphatic carboxylic acids is 1. The third kappa shape index (κ3) is 3.61. The molecule has 0 aliphatic heterocycles. The van der Waals surface area contributed by atoms with Crippen LogP contribution < -0.4 is 0 Å². The lowest BCUT2D eigenvalue weighted by molar-refractivity contribution is -0.136. The number of carbonyl (C=O) groups is 1. The van der Waals surface area contributed by atoms with Gasteiger partial charge < -0.3 is 5.11 Å². The highest BCUT2D eigenvalue weighted by molar-refractivity contribution is 6.31. The molecule has 0 saturated carbocycles. The van der Waals surface area contributed by atoms with E-state index in [1.54, 1.807) is 12.1 Å². The van der Waals surface area contributed by atoms with E-state index in [2.05, 4.69) is 0 Å². The van der Waals surface area contributed by atoms with Gasteiger partial charge in [-0.3, -0.25) is 4.79 Å². The van der Waals surface area contributed by atoms with Crippen LogP contribution in [0.5, 0.6) is 0 Å². The van der Waals surface area contributed by atoms with Crippen LogP contribution in [-0.2, 0) is 17.6 Å². The van der Waals surface area contributed by atoms with Gasteiger partial charge in [-0.05, 0) is 23.6 Å². The summed E-state index contributed by atoms with van der Waals surface area (Å²) in [5.74, 6) is -0.827. The first kappa shape index (κ1) is 11.5. The van der Waals surface area contributed by atoms with Crippen LogP contribution in [0, 0.1) is 11.3 Å². The van der Waals surface area contributed by atoms with Gasteiger partial charge in [0.2, 0.25) is 0 Å². The molecule has 0 atom stereocenters. The van der Waals surface area contributed by atoms with E-state index in [0.717, 1.165) is 11.1 Å². The lowest BCUT2D eigenvalue weighted by atomic mass is 10.1. The van der Waals surface area contributed by atoms with Crippen LogP contribution in [0.2, 0.25) is 5.02 Å². The molecule has 0 aliphatic carbocycles. The molecule has 0 unspecified atom stereocenters. The average molecular weight is 224 g/mol. The van der Waals surface area contributed by atoms with E-state index in [-0.39, 0.29) is 12.8 Å². The van der Waals surface area contributed by atoms with Crippen LogP contribution in [0.3, 0.4) is 0 Å². The summed E-state index contributed by atoms with van der Waals surface area (Å²) < 4.78 is 0. The fraction of sp³-hybridized carbons (Fsp3) is 0.273. The number of aryl methyl sites for hydroxylation is 1. The number of carboxylic acid groups (broad SMARTS) is 1. The standard InChI is InChI=1S/C11H10ClNO2/c12-10-7-8(2-4-11(14)15)1-3-9(10)5-6-13/h1,3,7H,2,4-5H2,(H,14,15). The average Bonchev–Trinajstić information content (AvgIpc) is 2.19. The number of nitriles is 1. The molecule has 1 aromatic carbocycles. The van der Waals surface area contributed by atoms with Gasteiger partial charge in [0.25, 0.3) is 0 Å². The zero-order chi connectivity index (χ0) is 11.3. The fourth-order valence-electron chi connectivity index (χ4n) is 1.23. The number of rotatable bonds is 4. The van der Waals surface area contributed by atoms with Gasteiger partial charge in [0, 0.05) is 11.4 Å². The first-order valence-corrected chi connectivity index (χ1v) is 4.87. The van der Waals surface area contributed by atoms with E-state index < -0.39 is 5.97 Å². The van der Waals surface area contributed by atoms with Gasteiger partial charge >= 0.3 is 5.97 Å². The van der Waals surface area contributed by atoms with Gasteiger partial charge in [0.1, 0.15) is 0 Å². The Morgan fingerprint density at radius 2 is 2.27 bits per heavy atom. The quantitative estimate of drug-likeness (QED) is 0.853. The molecule has 0 amide bonds. The SMILES string of the molecule is N#CCc1ccc(CCC(=O)O)cc1Cl. The Kier molecular flexibility index (Phi) is 4.14. The highest BCUT2D eigenvalue weighted by Gasteiger charge is 2.03. The second kappa shape index (κ2) is 5.38. The second-order valence-corrected chi connectivity index (χ2v) is 3.56. The molecular weight excluding hydrogens is 214 g/mol. The molecule has 0 spiro atoms. The Bertz CT molecular complexity index is 410. The minimum absolute atomic E-state index is 0.0912. The Morgan fingerprint density at radius 3 is 2.80 bits per heavy atom. The van der Waals surface area contributed by atoms with Crippen LogP contribution in [0.4, 0.5) is 0 Å². The predicted octanol–water partition coefficient (Wildman–Crippen LogP) is 2.42. The Hall–Kier alpha value is -1.53. The molecule has 1 N–H and O–H groups in total. The first-order valence-electron chi connectivity index (χ1n) is 4.49. The summed E-state index contributed by atoms with van der Waals surface area (Å²) in [6, 6.07) is 7.31. The van der Waals surface area contributed by atoms with E-state index in [0.29, 0.717) is 11.4 Å². The smallest absolute Gasteiger partial charge is 0.303 e. The van der Waals surface area contributed by atoms with Gasteiger partial charge in [-0.25, -0.2) is 0 Å². The zero-order valence-corrected chi connectivity index (χ0v) is 8.79. The summed E-state index contributed by atoms with van der Waals surface area (Å²) in [4.78, 5) is 10.4. The second-order valence-electron chi connectivity index (χ2n) is 3.15. The summed E-state index contributed by atoms with van der Waals surface area (Å²) in [6.45, 7) is 0. The number of benzene rings is 1. The number of hydrogen-bond donors (Lipinski definition) is 1. The summed E-state index contributed by atoms with van der Waals surface area (Å²) in [5.41, 5.74) is 1.65. The Balaban J connectivity index is 2.74. The van der Waals surface area contributed by atoms with Gasteiger partial charge in [-0.15, -0.1) is 0 Å². The molecule has 4 heteroatoms. The molecule has 3 nitrogen and oxygen atoms in total. The molecule has 0 saturated heterocycles. The van der Waals surface area contributed by atoms with Gasteiger partial charge in [0.05, 0.1) is 12.5 Å². The van der Waals surface area contributed by atoms with E-state index in [4.69, 9.17) is 22.0 Å². The minimum atomic E-state index is -0.827. The summed E-state index contributed by atoms with van der Waals surface area (Å²) in [7, 11) is 0. The molecule has 1 rings (SSSR count). The van der Waals surface area contributed by atoms with Crippen LogP contribution in [0.1, 0.15) is 17.5 Å². The summed E-state index contributed by atoms with van der Waals surface area (Å²) in [5, 5.41) is 17.5. The van der Waals surface area contributed by atoms with Crippen molar-refractivity contribution >= 4 is 17.6 Å². The van der Waals surface area contributed by atoms with Crippen molar-refractivity contribution in [2.45, 2.75) is 19.3 Å². The van der Waals surface area contributed by atoms with E-state index in [9.17, 15) is 4.79 Å². The molecule has 0 aromatic heterocycles. The van der Waals surface area contributed by atoms with Crippen molar-refractivity contribution < 1.29 is 9.90 Å². The van der Waals surface area contributed by atoms with Crippen LogP contribution >= 0.6 is 11.6 Å². The van der Waals surface area contributed by atoms with E-state index >= 15 is 0 Å². The van der Waals surface area contributed by atoms with Crippen LogP contribution in [0.15, 0.2) is 18.2 Å². The number of halogens is 1. The monoisotopic (exact) mass is 223 g/mol. The lowest BCUT2D eigenvalue weighted by Crippen LogP contribution is -1.97. The molecule has 0 fully saturated rings. The highest BCUT2D eigenvalue weighted by Crippen LogP contribution is 2.19. The minimum Gasteiger partial charge on any atom is -0.481 e. The molecule has 0 bridgehead atoms. The topological polar surface area (TPSA) is 61.1 Å². The van der Waals surface area contributed by atoms with Gasteiger partial charge in [0.15, 0.2) is 0 Å². The van der Waals surface area contributed by atoms with Crippen molar-refractivity contribution in [3.63, 3.8) is 0 Å². The number of nitrogens with zero attached hydrogens (tertiary/aromatic N) is 1. The highest BCUT2D eigenvalue weighted by atomic mass is 35.5. The van der Waals surface area contributed by atoms with Gasteiger partial charge in [-0.2, -0.15) is 5.26 Å². The van der Waals surface area contributed by atoms with Crippen LogP contribution in [-0.4, -0.2) is 11.1 Å². The van der Waals surface area contributed by atoms with Crippen molar-refractivity contribution in [1.82, 2.24) is 0 Å². The molecule has 15 heavy (non-hydrogen) atoms. The maximum absolute atomic E-state index is 10.4. The molecule has 0 aliphatic rings. The molecular formula is C11H10ClNO2. The number of carboxylic acids is 1. The Morgan fingerprint density at radius 1 is 1.53 bits per heavy atom. The normalized spacial score (nSPS) is 9.60. The molecule has 1 aromatic rings.